The van der Waals surface area contributed by atoms with E-state index in [1.54, 1.807) is 13.2 Å². The van der Waals surface area contributed by atoms with Gasteiger partial charge in [0.25, 0.3) is 0 Å². The van der Waals surface area contributed by atoms with Gasteiger partial charge in [-0.15, -0.1) is 0 Å². The molecule has 12 heavy (non-hydrogen) atoms. The minimum absolute atomic E-state index is 0.750. The van der Waals surface area contributed by atoms with Crippen molar-refractivity contribution in [2.75, 3.05) is 7.11 Å². The number of ether oxygens (including phenoxy) is 1. The molecule has 0 aliphatic carbocycles. The van der Waals surface area contributed by atoms with E-state index in [1.165, 1.54) is 17.4 Å². The van der Waals surface area contributed by atoms with Crippen LogP contribution in [0, 0.1) is 0 Å². The molecule has 64 valence electrons. The number of halogens is 1. The zero-order valence-corrected chi connectivity index (χ0v) is 8.81. The number of hydrogen-bond donors (Lipinski definition) is 0. The average molecular weight is 247 g/mol. The van der Waals surface area contributed by atoms with Crippen LogP contribution in [-0.4, -0.2) is 13.4 Å². The second kappa shape index (κ2) is 4.42. The predicted molar refractivity (Wildman–Crippen MR) is 53.7 cm³/mol. The Morgan fingerprint density at radius 3 is 2.92 bits per heavy atom. The summed E-state index contributed by atoms with van der Waals surface area (Å²) in [6.07, 6.45) is 3.95. The molecule has 2 nitrogen and oxygen atoms in total. The molecular weight excluding hydrogens is 240 g/mol. The smallest absolute Gasteiger partial charge is 0.188 e. The molecule has 1 aromatic rings. The van der Waals surface area contributed by atoms with Crippen molar-refractivity contribution in [3.63, 3.8) is 0 Å². The van der Waals surface area contributed by atoms with E-state index in [0.717, 1.165) is 20.7 Å². The Kier molecular flexibility index (Phi) is 3.49. The van der Waals surface area contributed by atoms with Crippen LogP contribution < -0.4 is 4.74 Å². The normalized spacial score (nSPS) is 10.5. The first-order valence-electron chi connectivity index (χ1n) is 3.23. The van der Waals surface area contributed by atoms with Crippen molar-refractivity contribution in [1.29, 1.82) is 0 Å². The third kappa shape index (κ3) is 2.19. The molecule has 0 saturated carbocycles. The van der Waals surface area contributed by atoms with Gasteiger partial charge in [-0.05, 0) is 34.1 Å². The van der Waals surface area contributed by atoms with Gasteiger partial charge in [-0.25, -0.2) is 0 Å². The van der Waals surface area contributed by atoms with Crippen LogP contribution in [-0.2, 0) is 4.79 Å². The molecule has 4 heteroatoms. The molecule has 0 aromatic carbocycles. The molecule has 0 atom stereocenters. The molecule has 0 aliphatic rings. The molecule has 0 amide bonds. The van der Waals surface area contributed by atoms with Crippen LogP contribution in [0.4, 0.5) is 0 Å². The van der Waals surface area contributed by atoms with E-state index in [1.807, 2.05) is 6.07 Å². The Balaban J connectivity index is 2.88. The Morgan fingerprint density at radius 2 is 2.42 bits per heavy atom. The van der Waals surface area contributed by atoms with E-state index in [0.29, 0.717) is 0 Å². The van der Waals surface area contributed by atoms with Gasteiger partial charge in [-0.2, -0.15) is 0 Å². The molecule has 1 heterocycles. The third-order valence-corrected chi connectivity index (χ3v) is 3.11. The molecule has 0 spiro atoms. The summed E-state index contributed by atoms with van der Waals surface area (Å²) in [5.74, 6) is 0. The van der Waals surface area contributed by atoms with E-state index < -0.39 is 0 Å². The maximum absolute atomic E-state index is 10.0. The first kappa shape index (κ1) is 9.48. The fourth-order valence-electron chi connectivity index (χ4n) is 0.724. The summed E-state index contributed by atoms with van der Waals surface area (Å²) < 4.78 is 5.97. The van der Waals surface area contributed by atoms with Crippen molar-refractivity contribution in [2.45, 2.75) is 0 Å². The van der Waals surface area contributed by atoms with Gasteiger partial charge in [0.1, 0.15) is 6.29 Å². The van der Waals surface area contributed by atoms with Crippen LogP contribution in [0.2, 0.25) is 0 Å². The van der Waals surface area contributed by atoms with Gasteiger partial charge in [-0.1, -0.05) is 11.3 Å². The highest BCUT2D eigenvalue weighted by Gasteiger charge is 2.03. The lowest BCUT2D eigenvalue weighted by molar-refractivity contribution is -0.104. The maximum Gasteiger partial charge on any atom is 0.188 e. The van der Waals surface area contributed by atoms with Gasteiger partial charge in [-0.3, -0.25) is 4.79 Å². The Hall–Kier alpha value is -0.610. The summed E-state index contributed by atoms with van der Waals surface area (Å²) in [7, 11) is 1.61. The maximum atomic E-state index is 10.0. The first-order chi connectivity index (χ1) is 5.77. The summed E-state index contributed by atoms with van der Waals surface area (Å²) >= 11 is 4.82. The van der Waals surface area contributed by atoms with Crippen molar-refractivity contribution < 1.29 is 9.53 Å². The van der Waals surface area contributed by atoms with Crippen molar-refractivity contribution in [3.05, 3.63) is 21.5 Å². The standard InChI is InChI=1S/C8H7BrO2S/c1-11-8-7(9)5-6(12-8)3-2-4-10/h2-5H,1H3/b3-2+. The Morgan fingerprint density at radius 1 is 1.67 bits per heavy atom. The molecule has 0 radical (unpaired) electrons. The van der Waals surface area contributed by atoms with Gasteiger partial charge in [0.15, 0.2) is 5.06 Å². The Labute approximate surface area is 83.0 Å². The molecule has 0 bridgehead atoms. The lowest BCUT2D eigenvalue weighted by Gasteiger charge is -1.91. The van der Waals surface area contributed by atoms with E-state index in [2.05, 4.69) is 15.9 Å². The number of rotatable bonds is 3. The van der Waals surface area contributed by atoms with Crippen LogP contribution in [0.3, 0.4) is 0 Å². The van der Waals surface area contributed by atoms with Crippen LogP contribution in [0.5, 0.6) is 5.06 Å². The fraction of sp³-hybridized carbons (Fsp3) is 0.125. The zero-order valence-electron chi connectivity index (χ0n) is 6.41. The predicted octanol–water partition coefficient (Wildman–Crippen LogP) is 2.73. The van der Waals surface area contributed by atoms with E-state index >= 15 is 0 Å². The number of carbonyl (C=O) groups is 1. The minimum Gasteiger partial charge on any atom is -0.486 e. The van der Waals surface area contributed by atoms with Gasteiger partial charge in [0.2, 0.25) is 0 Å². The van der Waals surface area contributed by atoms with Gasteiger partial charge in [0, 0.05) is 4.88 Å². The average Bonchev–Trinajstić information content (AvgIpc) is 2.43. The second-order valence-electron chi connectivity index (χ2n) is 1.98. The van der Waals surface area contributed by atoms with Crippen LogP contribution in [0.15, 0.2) is 16.6 Å². The highest BCUT2D eigenvalue weighted by Crippen LogP contribution is 2.35. The Bertz CT molecular complexity index is 304. The van der Waals surface area contributed by atoms with Crippen LogP contribution in [0.25, 0.3) is 6.08 Å². The first-order valence-corrected chi connectivity index (χ1v) is 4.84. The SMILES string of the molecule is COc1sc(/C=C/C=O)cc1Br. The minimum atomic E-state index is 0.750. The highest BCUT2D eigenvalue weighted by molar-refractivity contribution is 9.10. The lowest BCUT2D eigenvalue weighted by atomic mass is 10.4. The van der Waals surface area contributed by atoms with Crippen molar-refractivity contribution in [1.82, 2.24) is 0 Å². The molecule has 1 rings (SSSR count). The number of hydrogen-bond acceptors (Lipinski definition) is 3. The van der Waals surface area contributed by atoms with E-state index in [-0.39, 0.29) is 0 Å². The number of allylic oxidation sites excluding steroid dienone is 1. The monoisotopic (exact) mass is 246 g/mol. The van der Waals surface area contributed by atoms with Gasteiger partial charge >= 0.3 is 0 Å². The summed E-state index contributed by atoms with van der Waals surface area (Å²) in [6, 6.07) is 1.91. The molecule has 0 unspecified atom stereocenters. The zero-order chi connectivity index (χ0) is 8.97. The van der Waals surface area contributed by atoms with Crippen molar-refractivity contribution >= 4 is 39.6 Å². The van der Waals surface area contributed by atoms with Gasteiger partial charge < -0.3 is 4.74 Å². The lowest BCUT2D eigenvalue weighted by Crippen LogP contribution is -1.75. The fourth-order valence-corrected chi connectivity index (χ4v) is 2.30. The number of carbonyl (C=O) groups excluding carboxylic acids is 1. The van der Waals surface area contributed by atoms with Crippen LogP contribution in [0.1, 0.15) is 4.88 Å². The summed E-state index contributed by atoms with van der Waals surface area (Å²) in [4.78, 5) is 11.0. The number of methoxy groups -OCH3 is 1. The van der Waals surface area contributed by atoms with Crippen molar-refractivity contribution in [3.8, 4) is 5.06 Å². The van der Waals surface area contributed by atoms with E-state index in [9.17, 15) is 4.79 Å². The second-order valence-corrected chi connectivity index (χ2v) is 3.88. The number of aldehydes is 1. The molecule has 1 aromatic heterocycles. The third-order valence-electron chi connectivity index (χ3n) is 1.20. The molecule has 0 fully saturated rings. The summed E-state index contributed by atoms with van der Waals surface area (Å²) in [5, 5.41) is 0.820. The van der Waals surface area contributed by atoms with Crippen LogP contribution >= 0.6 is 27.3 Å². The van der Waals surface area contributed by atoms with E-state index in [4.69, 9.17) is 4.74 Å². The molecule has 0 aliphatic heterocycles. The summed E-state index contributed by atoms with van der Waals surface area (Å²) in [5.41, 5.74) is 0. The molecule has 0 saturated heterocycles. The number of thiophene rings is 1. The topological polar surface area (TPSA) is 26.3 Å². The molecule has 0 N–H and O–H groups in total. The van der Waals surface area contributed by atoms with Gasteiger partial charge in [0.05, 0.1) is 11.6 Å². The largest absolute Gasteiger partial charge is 0.486 e. The van der Waals surface area contributed by atoms with Crippen molar-refractivity contribution in [2.24, 2.45) is 0 Å². The molecular formula is C8H7BrO2S. The highest BCUT2D eigenvalue weighted by atomic mass is 79.9. The quantitative estimate of drug-likeness (QED) is 0.606. The summed E-state index contributed by atoms with van der Waals surface area (Å²) in [6.45, 7) is 0.